The summed E-state index contributed by atoms with van der Waals surface area (Å²) in [4.78, 5) is 14.7. The maximum Gasteiger partial charge on any atom is 0.223 e. The van der Waals surface area contributed by atoms with Crippen molar-refractivity contribution in [3.63, 3.8) is 0 Å². The number of carbonyl (C=O) groups excluding carboxylic acids is 1. The lowest BCUT2D eigenvalue weighted by atomic mass is 9.92. The highest BCUT2D eigenvalue weighted by Gasteiger charge is 2.24. The molecule has 2 N–H and O–H groups in total. The van der Waals surface area contributed by atoms with Gasteiger partial charge in [0.1, 0.15) is 0 Å². The Labute approximate surface area is 152 Å². The van der Waals surface area contributed by atoms with Gasteiger partial charge in [-0.2, -0.15) is 0 Å². The molecule has 1 aromatic rings. The molecule has 0 saturated carbocycles. The van der Waals surface area contributed by atoms with E-state index in [1.807, 2.05) is 0 Å². The third-order valence-electron chi connectivity index (χ3n) is 4.75. The molecule has 0 unspecified atom stereocenters. The van der Waals surface area contributed by atoms with Gasteiger partial charge in [0.05, 0.1) is 0 Å². The second-order valence-corrected chi connectivity index (χ2v) is 6.58. The molecule has 0 spiro atoms. The van der Waals surface area contributed by atoms with Crippen molar-refractivity contribution >= 4 is 18.3 Å². The summed E-state index contributed by atoms with van der Waals surface area (Å²) >= 11 is 0. The predicted molar refractivity (Wildman–Crippen MR) is 102 cm³/mol. The Bertz CT molecular complexity index is 505. The zero-order valence-electron chi connectivity index (χ0n) is 15.2. The van der Waals surface area contributed by atoms with Crippen LogP contribution in [0.25, 0.3) is 0 Å². The van der Waals surface area contributed by atoms with Crippen LogP contribution in [0.3, 0.4) is 0 Å². The van der Waals surface area contributed by atoms with Crippen LogP contribution < -0.4 is 10.6 Å². The Morgan fingerprint density at radius 3 is 2.67 bits per heavy atom. The molecule has 1 aromatic carbocycles. The number of rotatable bonds is 7. The summed E-state index contributed by atoms with van der Waals surface area (Å²) in [6.07, 6.45) is 1.88. The number of amides is 1. The minimum Gasteiger partial charge on any atom is -0.352 e. The highest BCUT2D eigenvalue weighted by atomic mass is 35.5. The standard InChI is InChI=1S/C19H31N3O.ClH/c1-4-22(5-2)14-17-8-6-7-16(12-17)13-21-19(23)18-9-10-20-15(3)11-18;/h6-8,12,15,18,20H,4-5,9-11,13-14H2,1-3H3,(H,21,23);1H/t15-,18-;/m0./s1. The van der Waals surface area contributed by atoms with Gasteiger partial charge in [-0.3, -0.25) is 9.69 Å². The Morgan fingerprint density at radius 2 is 2.00 bits per heavy atom. The third-order valence-corrected chi connectivity index (χ3v) is 4.75. The largest absolute Gasteiger partial charge is 0.352 e. The summed E-state index contributed by atoms with van der Waals surface area (Å²) in [5.74, 6) is 0.359. The average molecular weight is 354 g/mol. The normalized spacial score (nSPS) is 20.5. The molecule has 0 bridgehead atoms. The van der Waals surface area contributed by atoms with Crippen LogP contribution in [0, 0.1) is 5.92 Å². The van der Waals surface area contributed by atoms with E-state index in [1.165, 1.54) is 11.1 Å². The van der Waals surface area contributed by atoms with E-state index < -0.39 is 0 Å². The number of hydrogen-bond acceptors (Lipinski definition) is 3. The van der Waals surface area contributed by atoms with Gasteiger partial charge in [-0.25, -0.2) is 0 Å². The molecule has 2 atom stereocenters. The summed E-state index contributed by atoms with van der Waals surface area (Å²) in [6, 6.07) is 9.00. The minimum atomic E-state index is 0. The minimum absolute atomic E-state index is 0. The predicted octanol–water partition coefficient (Wildman–Crippen LogP) is 2.95. The number of nitrogens with zero attached hydrogens (tertiary/aromatic N) is 1. The van der Waals surface area contributed by atoms with Crippen LogP contribution in [0.15, 0.2) is 24.3 Å². The summed E-state index contributed by atoms with van der Waals surface area (Å²) in [6.45, 7) is 11.2. The molecule has 1 amide bonds. The van der Waals surface area contributed by atoms with E-state index in [2.05, 4.69) is 60.6 Å². The van der Waals surface area contributed by atoms with Crippen LogP contribution in [-0.4, -0.2) is 36.5 Å². The first kappa shape index (κ1) is 20.9. The summed E-state index contributed by atoms with van der Waals surface area (Å²) in [7, 11) is 0. The van der Waals surface area contributed by atoms with E-state index in [4.69, 9.17) is 0 Å². The van der Waals surface area contributed by atoms with Gasteiger partial charge in [0.15, 0.2) is 0 Å². The van der Waals surface area contributed by atoms with Crippen molar-refractivity contribution in [3.05, 3.63) is 35.4 Å². The van der Waals surface area contributed by atoms with Crippen molar-refractivity contribution in [2.75, 3.05) is 19.6 Å². The van der Waals surface area contributed by atoms with E-state index in [1.54, 1.807) is 0 Å². The van der Waals surface area contributed by atoms with Gasteiger partial charge in [-0.05, 0) is 50.5 Å². The fourth-order valence-electron chi connectivity index (χ4n) is 3.25. The van der Waals surface area contributed by atoms with Gasteiger partial charge in [-0.1, -0.05) is 38.1 Å². The highest BCUT2D eigenvalue weighted by Crippen LogP contribution is 2.16. The summed E-state index contributed by atoms with van der Waals surface area (Å²) in [5, 5.41) is 6.51. The molecule has 0 radical (unpaired) electrons. The molecule has 0 aromatic heterocycles. The number of nitrogens with one attached hydrogen (secondary N) is 2. The quantitative estimate of drug-likeness (QED) is 0.792. The molecular weight excluding hydrogens is 322 g/mol. The zero-order chi connectivity index (χ0) is 16.7. The number of carbonyl (C=O) groups is 1. The first-order valence-corrected chi connectivity index (χ1v) is 8.93. The molecule has 1 fully saturated rings. The van der Waals surface area contributed by atoms with Gasteiger partial charge in [0, 0.05) is 25.0 Å². The molecule has 136 valence electrons. The summed E-state index contributed by atoms with van der Waals surface area (Å²) in [5.41, 5.74) is 2.50. The second kappa shape index (κ2) is 10.7. The van der Waals surface area contributed by atoms with Crippen LogP contribution in [0.2, 0.25) is 0 Å². The Hall–Kier alpha value is -1.10. The third kappa shape index (κ3) is 6.42. The van der Waals surface area contributed by atoms with Crippen LogP contribution in [0.5, 0.6) is 0 Å². The fourth-order valence-corrected chi connectivity index (χ4v) is 3.25. The van der Waals surface area contributed by atoms with Gasteiger partial charge in [0.2, 0.25) is 5.91 Å². The van der Waals surface area contributed by atoms with Crippen molar-refractivity contribution in [1.82, 2.24) is 15.5 Å². The molecule has 4 nitrogen and oxygen atoms in total. The molecule has 1 saturated heterocycles. The Kier molecular flexibility index (Phi) is 9.34. The van der Waals surface area contributed by atoms with Gasteiger partial charge < -0.3 is 10.6 Å². The average Bonchev–Trinajstić information content (AvgIpc) is 2.58. The molecule has 24 heavy (non-hydrogen) atoms. The van der Waals surface area contributed by atoms with Gasteiger partial charge in [-0.15, -0.1) is 12.4 Å². The van der Waals surface area contributed by atoms with Crippen molar-refractivity contribution in [2.45, 2.75) is 52.7 Å². The van der Waals surface area contributed by atoms with Crippen LogP contribution in [0.1, 0.15) is 44.7 Å². The van der Waals surface area contributed by atoms with E-state index in [-0.39, 0.29) is 24.2 Å². The second-order valence-electron chi connectivity index (χ2n) is 6.58. The number of benzene rings is 1. The lowest BCUT2D eigenvalue weighted by Crippen LogP contribution is -2.42. The fraction of sp³-hybridized carbons (Fsp3) is 0.632. The molecule has 1 aliphatic heterocycles. The molecule has 1 aliphatic rings. The van der Waals surface area contributed by atoms with Gasteiger partial charge in [0.25, 0.3) is 0 Å². The number of piperidine rings is 1. The number of halogens is 1. The van der Waals surface area contributed by atoms with Crippen molar-refractivity contribution in [1.29, 1.82) is 0 Å². The van der Waals surface area contributed by atoms with E-state index in [0.717, 1.165) is 39.0 Å². The SMILES string of the molecule is CCN(CC)Cc1cccc(CNC(=O)[C@H]2CCN[C@@H](C)C2)c1.Cl. The molecule has 0 aliphatic carbocycles. The van der Waals surface area contributed by atoms with Crippen LogP contribution in [-0.2, 0) is 17.9 Å². The van der Waals surface area contributed by atoms with E-state index in [9.17, 15) is 4.79 Å². The van der Waals surface area contributed by atoms with Crippen molar-refractivity contribution in [2.24, 2.45) is 5.92 Å². The van der Waals surface area contributed by atoms with Gasteiger partial charge >= 0.3 is 0 Å². The van der Waals surface area contributed by atoms with Crippen molar-refractivity contribution < 1.29 is 4.79 Å². The molecular formula is C19H32ClN3O. The monoisotopic (exact) mass is 353 g/mol. The lowest BCUT2D eigenvalue weighted by Gasteiger charge is -2.27. The first-order valence-electron chi connectivity index (χ1n) is 8.93. The van der Waals surface area contributed by atoms with E-state index >= 15 is 0 Å². The lowest BCUT2D eigenvalue weighted by molar-refractivity contribution is -0.126. The first-order chi connectivity index (χ1) is 11.1. The number of hydrogen-bond donors (Lipinski definition) is 2. The molecule has 1 heterocycles. The maximum absolute atomic E-state index is 12.3. The molecule has 2 rings (SSSR count). The topological polar surface area (TPSA) is 44.4 Å². The Morgan fingerprint density at radius 1 is 1.29 bits per heavy atom. The maximum atomic E-state index is 12.3. The zero-order valence-corrected chi connectivity index (χ0v) is 16.0. The summed E-state index contributed by atoms with van der Waals surface area (Å²) < 4.78 is 0. The van der Waals surface area contributed by atoms with Crippen molar-refractivity contribution in [3.8, 4) is 0 Å². The smallest absolute Gasteiger partial charge is 0.223 e. The molecule has 5 heteroatoms. The Balaban J connectivity index is 0.00000288. The van der Waals surface area contributed by atoms with Crippen LogP contribution >= 0.6 is 12.4 Å². The van der Waals surface area contributed by atoms with E-state index in [0.29, 0.717) is 12.6 Å². The highest BCUT2D eigenvalue weighted by molar-refractivity contribution is 5.85. The van der Waals surface area contributed by atoms with Crippen LogP contribution in [0.4, 0.5) is 0 Å².